The molecule has 1 amide bonds. The molecule has 1 aliphatic carbocycles. The highest BCUT2D eigenvalue weighted by molar-refractivity contribution is 5.91. The van der Waals surface area contributed by atoms with Gasteiger partial charge in [-0.25, -0.2) is 0 Å². The average molecular weight is 292 g/mol. The highest BCUT2D eigenvalue weighted by atomic mass is 16.4. The number of amides is 1. The number of nitrogens with one attached hydrogen (secondary N) is 1. The van der Waals surface area contributed by atoms with E-state index in [1.807, 2.05) is 0 Å². The van der Waals surface area contributed by atoms with Gasteiger partial charge in [-0.3, -0.25) is 4.79 Å². The van der Waals surface area contributed by atoms with Gasteiger partial charge in [-0.15, -0.1) is 0 Å². The third-order valence-electron chi connectivity index (χ3n) is 5.17. The van der Waals surface area contributed by atoms with Crippen LogP contribution >= 0.6 is 0 Å². The van der Waals surface area contributed by atoms with Crippen LogP contribution in [-0.2, 0) is 6.54 Å². The van der Waals surface area contributed by atoms with E-state index in [2.05, 4.69) is 26.1 Å². The number of furan rings is 1. The highest BCUT2D eigenvalue weighted by Gasteiger charge is 2.32. The molecule has 1 aliphatic rings. The van der Waals surface area contributed by atoms with Crippen molar-refractivity contribution in [2.75, 3.05) is 0 Å². The van der Waals surface area contributed by atoms with E-state index < -0.39 is 0 Å². The van der Waals surface area contributed by atoms with Crippen molar-refractivity contribution < 1.29 is 9.21 Å². The van der Waals surface area contributed by atoms with Crippen LogP contribution in [0.1, 0.15) is 69.2 Å². The Labute approximate surface area is 127 Å². The molecule has 4 nitrogen and oxygen atoms in total. The molecule has 0 atom stereocenters. The fourth-order valence-electron chi connectivity index (χ4n) is 3.17. The van der Waals surface area contributed by atoms with Gasteiger partial charge in [0.15, 0.2) is 5.76 Å². The molecule has 0 radical (unpaired) electrons. The van der Waals surface area contributed by atoms with Crippen LogP contribution in [0.5, 0.6) is 0 Å². The van der Waals surface area contributed by atoms with Crippen molar-refractivity contribution in [3.63, 3.8) is 0 Å². The Balaban J connectivity index is 1.84. The third-order valence-corrected chi connectivity index (χ3v) is 5.17. The van der Waals surface area contributed by atoms with Gasteiger partial charge in [0, 0.05) is 6.04 Å². The Morgan fingerprint density at radius 1 is 1.33 bits per heavy atom. The maximum absolute atomic E-state index is 12.1. The van der Waals surface area contributed by atoms with Crippen LogP contribution in [0.15, 0.2) is 16.5 Å². The molecule has 1 aromatic heterocycles. The number of hydrogen-bond acceptors (Lipinski definition) is 3. The lowest BCUT2D eigenvalue weighted by Crippen LogP contribution is -2.39. The fourth-order valence-corrected chi connectivity index (χ4v) is 3.17. The maximum Gasteiger partial charge on any atom is 0.287 e. The molecule has 2 rings (SSSR count). The first-order valence-electron chi connectivity index (χ1n) is 8.06. The number of carbonyl (C=O) groups excluding carboxylic acids is 1. The van der Waals surface area contributed by atoms with Crippen molar-refractivity contribution in [1.29, 1.82) is 0 Å². The van der Waals surface area contributed by atoms with Crippen LogP contribution in [0.4, 0.5) is 0 Å². The highest BCUT2D eigenvalue weighted by Crippen LogP contribution is 2.40. The zero-order valence-corrected chi connectivity index (χ0v) is 13.4. The molecule has 0 saturated heterocycles. The number of carbonyl (C=O) groups is 1. The fraction of sp³-hybridized carbons (Fsp3) is 0.706. The molecule has 1 aromatic rings. The Morgan fingerprint density at radius 2 is 2.00 bits per heavy atom. The quantitative estimate of drug-likeness (QED) is 0.873. The van der Waals surface area contributed by atoms with Crippen molar-refractivity contribution in [3.8, 4) is 0 Å². The largest absolute Gasteiger partial charge is 0.455 e. The Kier molecular flexibility index (Phi) is 5.09. The summed E-state index contributed by atoms with van der Waals surface area (Å²) in [6, 6.07) is 3.73. The number of rotatable bonds is 5. The molecule has 0 spiro atoms. The summed E-state index contributed by atoms with van der Waals surface area (Å²) in [6.07, 6.45) is 5.72. The summed E-state index contributed by atoms with van der Waals surface area (Å²) in [5.74, 6) is 1.66. The van der Waals surface area contributed by atoms with Gasteiger partial charge >= 0.3 is 0 Å². The van der Waals surface area contributed by atoms with E-state index in [0.717, 1.165) is 18.8 Å². The van der Waals surface area contributed by atoms with Crippen LogP contribution in [0, 0.1) is 11.3 Å². The van der Waals surface area contributed by atoms with Gasteiger partial charge in [0.05, 0.1) is 6.54 Å². The molecule has 21 heavy (non-hydrogen) atoms. The summed E-state index contributed by atoms with van der Waals surface area (Å²) in [7, 11) is 0. The standard InChI is InChI=1S/C17H28N2O2/c1-4-17(2,3)12-5-7-13(8-6-12)19-16(20)15-10-9-14(11-18)21-15/h9-10,12-13H,4-8,11,18H2,1-3H3,(H,19,20). The minimum atomic E-state index is -0.118. The van der Waals surface area contributed by atoms with E-state index in [1.165, 1.54) is 19.3 Å². The second-order valence-electron chi connectivity index (χ2n) is 6.83. The Hall–Kier alpha value is -1.29. The first-order chi connectivity index (χ1) is 9.96. The molecular weight excluding hydrogens is 264 g/mol. The summed E-state index contributed by atoms with van der Waals surface area (Å²) in [4.78, 5) is 12.1. The van der Waals surface area contributed by atoms with Gasteiger partial charge in [0.25, 0.3) is 5.91 Å². The predicted molar refractivity (Wildman–Crippen MR) is 83.9 cm³/mol. The van der Waals surface area contributed by atoms with E-state index in [0.29, 0.717) is 23.5 Å². The molecular formula is C17H28N2O2. The minimum Gasteiger partial charge on any atom is -0.455 e. The molecule has 0 aromatic carbocycles. The van der Waals surface area contributed by atoms with Crippen LogP contribution in [0.25, 0.3) is 0 Å². The topological polar surface area (TPSA) is 68.3 Å². The van der Waals surface area contributed by atoms with Crippen molar-refractivity contribution in [3.05, 3.63) is 23.7 Å². The second kappa shape index (κ2) is 6.65. The average Bonchev–Trinajstić information content (AvgIpc) is 2.97. The predicted octanol–water partition coefficient (Wildman–Crippen LogP) is 3.46. The summed E-state index contributed by atoms with van der Waals surface area (Å²) in [6.45, 7) is 7.30. The smallest absolute Gasteiger partial charge is 0.287 e. The Morgan fingerprint density at radius 3 is 2.52 bits per heavy atom. The zero-order chi connectivity index (χ0) is 15.5. The van der Waals surface area contributed by atoms with Gasteiger partial charge < -0.3 is 15.5 Å². The first kappa shape index (κ1) is 16.1. The lowest BCUT2D eigenvalue weighted by Gasteiger charge is -2.39. The zero-order valence-electron chi connectivity index (χ0n) is 13.4. The van der Waals surface area contributed by atoms with Crippen molar-refractivity contribution in [2.45, 2.75) is 65.5 Å². The van der Waals surface area contributed by atoms with E-state index >= 15 is 0 Å². The first-order valence-corrected chi connectivity index (χ1v) is 8.06. The molecule has 1 fully saturated rings. The Bertz CT molecular complexity index is 471. The minimum absolute atomic E-state index is 0.118. The second-order valence-corrected chi connectivity index (χ2v) is 6.83. The number of hydrogen-bond donors (Lipinski definition) is 2. The van der Waals surface area contributed by atoms with Crippen LogP contribution in [0.2, 0.25) is 0 Å². The van der Waals surface area contributed by atoms with E-state index in [9.17, 15) is 4.79 Å². The molecule has 3 N–H and O–H groups in total. The van der Waals surface area contributed by atoms with Gasteiger partial charge in [0.1, 0.15) is 5.76 Å². The van der Waals surface area contributed by atoms with E-state index in [-0.39, 0.29) is 11.9 Å². The lowest BCUT2D eigenvalue weighted by atomic mass is 9.69. The van der Waals surface area contributed by atoms with Crippen LogP contribution in [0.3, 0.4) is 0 Å². The number of nitrogens with two attached hydrogens (primary N) is 1. The molecule has 1 heterocycles. The van der Waals surface area contributed by atoms with Gasteiger partial charge in [-0.05, 0) is 49.1 Å². The molecule has 0 bridgehead atoms. The van der Waals surface area contributed by atoms with Crippen LogP contribution in [-0.4, -0.2) is 11.9 Å². The third kappa shape index (κ3) is 3.88. The summed E-state index contributed by atoms with van der Waals surface area (Å²) in [5, 5.41) is 3.09. The molecule has 0 aliphatic heterocycles. The van der Waals surface area contributed by atoms with Crippen molar-refractivity contribution in [2.24, 2.45) is 17.1 Å². The van der Waals surface area contributed by atoms with Crippen molar-refractivity contribution in [1.82, 2.24) is 5.32 Å². The molecule has 118 valence electrons. The maximum atomic E-state index is 12.1. The van der Waals surface area contributed by atoms with Gasteiger partial charge in [0.2, 0.25) is 0 Å². The van der Waals surface area contributed by atoms with Crippen LogP contribution < -0.4 is 11.1 Å². The molecule has 4 heteroatoms. The normalized spacial score (nSPS) is 23.0. The molecule has 1 saturated carbocycles. The summed E-state index contributed by atoms with van der Waals surface area (Å²) < 4.78 is 5.39. The van der Waals surface area contributed by atoms with E-state index in [4.69, 9.17) is 10.2 Å². The monoisotopic (exact) mass is 292 g/mol. The van der Waals surface area contributed by atoms with Crippen molar-refractivity contribution >= 4 is 5.91 Å². The van der Waals surface area contributed by atoms with Gasteiger partial charge in [-0.2, -0.15) is 0 Å². The summed E-state index contributed by atoms with van der Waals surface area (Å²) >= 11 is 0. The summed E-state index contributed by atoms with van der Waals surface area (Å²) in [5.41, 5.74) is 5.90. The lowest BCUT2D eigenvalue weighted by molar-refractivity contribution is 0.0864. The van der Waals surface area contributed by atoms with E-state index in [1.54, 1.807) is 12.1 Å². The van der Waals surface area contributed by atoms with Gasteiger partial charge in [-0.1, -0.05) is 27.2 Å². The molecule has 0 unspecified atom stereocenters. The SMILES string of the molecule is CCC(C)(C)C1CCC(NC(=O)c2ccc(CN)o2)CC1.